The van der Waals surface area contributed by atoms with Gasteiger partial charge in [0, 0.05) is 17.3 Å². The summed E-state index contributed by atoms with van der Waals surface area (Å²) in [5.41, 5.74) is -3.00. The standard InChI is InChI=1S/C26H31FO7/c1-13-8-15-16-10-18(27)17-9-14(28)6-7-23(17,2)26(16)20(34-26)11-24(15,3)25(13,12-22(32)33)19(29)4-5-21(30)31/h6-7,9,13,15-16,18,20H,4-5,8,10-12H2,1-3H3,(H,30,31)(H,32,33)/t13-,15+,16+,18?,20+,23+,24+,25-,26-/m1/s1. The third-order valence-electron chi connectivity index (χ3n) is 10.3. The van der Waals surface area contributed by atoms with E-state index in [-0.39, 0.29) is 61.1 Å². The number of ketones is 2. The summed E-state index contributed by atoms with van der Waals surface area (Å²) >= 11 is 0. The number of alkyl halides is 1. The molecule has 0 radical (unpaired) electrons. The average Bonchev–Trinajstić information content (AvgIpc) is 3.42. The third kappa shape index (κ3) is 2.66. The van der Waals surface area contributed by atoms with Crippen LogP contribution in [0.3, 0.4) is 0 Å². The van der Waals surface area contributed by atoms with Gasteiger partial charge in [-0.05, 0) is 67.1 Å². The zero-order valence-electron chi connectivity index (χ0n) is 19.7. The molecular formula is C26H31FO7. The maximum absolute atomic E-state index is 15.6. The number of rotatable bonds is 6. The highest BCUT2D eigenvalue weighted by molar-refractivity contribution is 6.01. The number of hydrogen-bond donors (Lipinski definition) is 2. The zero-order chi connectivity index (χ0) is 24.8. The first-order valence-corrected chi connectivity index (χ1v) is 12.1. The van der Waals surface area contributed by atoms with Crippen LogP contribution in [-0.4, -0.2) is 51.6 Å². The van der Waals surface area contributed by atoms with Gasteiger partial charge in [-0.15, -0.1) is 0 Å². The molecule has 3 saturated carbocycles. The molecule has 1 spiro atoms. The highest BCUT2D eigenvalue weighted by atomic mass is 19.1. The molecule has 1 saturated heterocycles. The molecule has 1 aliphatic heterocycles. The van der Waals surface area contributed by atoms with Crippen molar-refractivity contribution >= 4 is 23.5 Å². The summed E-state index contributed by atoms with van der Waals surface area (Å²) in [5, 5.41) is 19.0. The molecule has 1 heterocycles. The molecule has 0 amide bonds. The van der Waals surface area contributed by atoms with Gasteiger partial charge in [0.2, 0.25) is 0 Å². The number of Topliss-reactive ketones (excluding diaryl/α,β-unsaturated/α-hetero) is 1. The average molecular weight is 475 g/mol. The first-order valence-electron chi connectivity index (χ1n) is 12.1. The Labute approximate surface area is 197 Å². The number of carbonyl (C=O) groups is 4. The monoisotopic (exact) mass is 474 g/mol. The van der Waals surface area contributed by atoms with E-state index in [9.17, 15) is 24.3 Å². The molecule has 0 aromatic heterocycles. The minimum atomic E-state index is -1.32. The van der Waals surface area contributed by atoms with E-state index in [1.807, 2.05) is 20.8 Å². The summed E-state index contributed by atoms with van der Waals surface area (Å²) in [7, 11) is 0. The van der Waals surface area contributed by atoms with E-state index < -0.39 is 40.0 Å². The van der Waals surface area contributed by atoms with E-state index in [2.05, 4.69) is 0 Å². The third-order valence-corrected chi connectivity index (χ3v) is 10.3. The van der Waals surface area contributed by atoms with Crippen molar-refractivity contribution in [2.45, 2.75) is 77.2 Å². The van der Waals surface area contributed by atoms with Crippen molar-refractivity contribution in [2.24, 2.45) is 34.0 Å². The molecule has 5 rings (SSSR count). The van der Waals surface area contributed by atoms with E-state index in [0.29, 0.717) is 18.4 Å². The molecule has 0 bridgehead atoms. The molecule has 0 aromatic carbocycles. The number of hydrogen-bond acceptors (Lipinski definition) is 5. The van der Waals surface area contributed by atoms with Crippen LogP contribution in [0.25, 0.3) is 0 Å². The number of halogens is 1. The summed E-state index contributed by atoms with van der Waals surface area (Å²) in [6, 6.07) is 0. The van der Waals surface area contributed by atoms with Gasteiger partial charge in [-0.3, -0.25) is 19.2 Å². The second kappa shape index (κ2) is 7.09. The minimum Gasteiger partial charge on any atom is -0.481 e. The predicted molar refractivity (Wildman–Crippen MR) is 118 cm³/mol. The lowest BCUT2D eigenvalue weighted by Crippen LogP contribution is -2.61. The van der Waals surface area contributed by atoms with E-state index in [1.54, 1.807) is 6.08 Å². The first kappa shape index (κ1) is 23.4. The fourth-order valence-corrected chi connectivity index (χ4v) is 8.83. The van der Waals surface area contributed by atoms with Crippen LogP contribution in [0.2, 0.25) is 0 Å². The Kier molecular flexibility index (Phi) is 4.88. The van der Waals surface area contributed by atoms with Gasteiger partial charge in [0.15, 0.2) is 5.78 Å². The van der Waals surface area contributed by atoms with Crippen LogP contribution in [0.1, 0.15) is 59.3 Å². The number of carboxylic acids is 2. The molecule has 2 N–H and O–H groups in total. The fourth-order valence-electron chi connectivity index (χ4n) is 8.83. The first-order chi connectivity index (χ1) is 15.8. The lowest BCUT2D eigenvalue weighted by Gasteiger charge is -2.57. The van der Waals surface area contributed by atoms with Gasteiger partial charge < -0.3 is 14.9 Å². The molecule has 184 valence electrons. The summed E-state index contributed by atoms with van der Waals surface area (Å²) in [6.45, 7) is 5.74. The van der Waals surface area contributed by atoms with Gasteiger partial charge in [-0.1, -0.05) is 19.9 Å². The Morgan fingerprint density at radius 1 is 1.12 bits per heavy atom. The number of fused-ring (bicyclic) bond motifs is 3. The SMILES string of the molecule is C[C@@H]1C[C@H]2[C@@H]3CC(F)C4=CC(=O)C=C[C@]4(C)[C@@]34O[C@H]4C[C@]2(C)[C@@]1(CC(=O)O)C(=O)CCC(=O)O. The molecule has 9 atom stereocenters. The summed E-state index contributed by atoms with van der Waals surface area (Å²) in [4.78, 5) is 48.9. The van der Waals surface area contributed by atoms with Crippen molar-refractivity contribution in [2.75, 3.05) is 0 Å². The summed E-state index contributed by atoms with van der Waals surface area (Å²) in [6.07, 6.45) is 3.24. The van der Waals surface area contributed by atoms with Gasteiger partial charge in [0.05, 0.1) is 18.9 Å². The predicted octanol–water partition coefficient (Wildman–Crippen LogP) is 3.51. The van der Waals surface area contributed by atoms with Crippen LogP contribution in [0.15, 0.2) is 23.8 Å². The largest absolute Gasteiger partial charge is 0.481 e. The minimum absolute atomic E-state index is 0.156. The van der Waals surface area contributed by atoms with Crippen molar-refractivity contribution in [1.82, 2.24) is 0 Å². The van der Waals surface area contributed by atoms with Gasteiger partial charge in [-0.2, -0.15) is 0 Å². The molecular weight excluding hydrogens is 443 g/mol. The van der Waals surface area contributed by atoms with Gasteiger partial charge in [0.1, 0.15) is 17.6 Å². The van der Waals surface area contributed by atoms with E-state index in [0.717, 1.165) is 0 Å². The van der Waals surface area contributed by atoms with Crippen LogP contribution in [0, 0.1) is 34.0 Å². The lowest BCUT2D eigenvalue weighted by atomic mass is 9.44. The van der Waals surface area contributed by atoms with Crippen LogP contribution in [0.5, 0.6) is 0 Å². The highest BCUT2D eigenvalue weighted by Gasteiger charge is 2.82. The maximum Gasteiger partial charge on any atom is 0.304 e. The number of allylic oxidation sites excluding steroid dienone is 2. The van der Waals surface area contributed by atoms with Gasteiger partial charge >= 0.3 is 11.9 Å². The van der Waals surface area contributed by atoms with Crippen molar-refractivity contribution in [1.29, 1.82) is 0 Å². The number of aliphatic carboxylic acids is 2. The Bertz CT molecular complexity index is 1060. The van der Waals surface area contributed by atoms with Crippen molar-refractivity contribution in [3.8, 4) is 0 Å². The number of carboxylic acid groups (broad SMARTS) is 2. The van der Waals surface area contributed by atoms with Crippen molar-refractivity contribution < 1.29 is 38.5 Å². The Morgan fingerprint density at radius 3 is 2.47 bits per heavy atom. The lowest BCUT2D eigenvalue weighted by molar-refractivity contribution is -0.157. The number of carbonyl (C=O) groups excluding carboxylic acids is 2. The Morgan fingerprint density at radius 2 is 1.82 bits per heavy atom. The molecule has 34 heavy (non-hydrogen) atoms. The second-order valence-corrected chi connectivity index (χ2v) is 11.5. The van der Waals surface area contributed by atoms with Crippen molar-refractivity contribution in [3.63, 3.8) is 0 Å². The molecule has 1 unspecified atom stereocenters. The quantitative estimate of drug-likeness (QED) is 0.565. The fraction of sp³-hybridized carbons (Fsp3) is 0.692. The van der Waals surface area contributed by atoms with Crippen LogP contribution in [-0.2, 0) is 23.9 Å². The maximum atomic E-state index is 15.6. The Balaban J connectivity index is 1.59. The van der Waals surface area contributed by atoms with Crippen LogP contribution >= 0.6 is 0 Å². The molecule has 7 nitrogen and oxygen atoms in total. The normalized spacial score (nSPS) is 48.2. The zero-order valence-corrected chi connectivity index (χ0v) is 19.7. The summed E-state index contributed by atoms with van der Waals surface area (Å²) in [5.74, 6) is -3.44. The van der Waals surface area contributed by atoms with E-state index in [4.69, 9.17) is 9.84 Å². The van der Waals surface area contributed by atoms with Crippen LogP contribution in [0.4, 0.5) is 4.39 Å². The number of ether oxygens (including phenoxy) is 1. The molecule has 4 aliphatic carbocycles. The molecule has 8 heteroatoms. The Hall–Kier alpha value is -2.35. The summed E-state index contributed by atoms with van der Waals surface area (Å²) < 4.78 is 22.0. The van der Waals surface area contributed by atoms with E-state index >= 15 is 4.39 Å². The van der Waals surface area contributed by atoms with Crippen LogP contribution < -0.4 is 0 Å². The molecule has 0 aromatic rings. The second-order valence-electron chi connectivity index (χ2n) is 11.5. The highest BCUT2D eigenvalue weighted by Crippen LogP contribution is 2.78. The molecule has 4 fully saturated rings. The van der Waals surface area contributed by atoms with E-state index in [1.165, 1.54) is 12.2 Å². The number of epoxide rings is 1. The van der Waals surface area contributed by atoms with Gasteiger partial charge in [-0.25, -0.2) is 4.39 Å². The van der Waals surface area contributed by atoms with Gasteiger partial charge in [0.25, 0.3) is 0 Å². The topological polar surface area (TPSA) is 121 Å². The van der Waals surface area contributed by atoms with Crippen molar-refractivity contribution in [3.05, 3.63) is 23.8 Å². The molecule has 5 aliphatic rings. The smallest absolute Gasteiger partial charge is 0.304 e.